The molecule has 2 N–H and O–H groups in total. The maximum atomic E-state index is 5.58. The number of anilines is 1. The Morgan fingerprint density at radius 2 is 1.96 bits per heavy atom. The first-order chi connectivity index (χ1) is 12.7. The molecule has 0 spiro atoms. The van der Waals surface area contributed by atoms with Gasteiger partial charge in [0.2, 0.25) is 0 Å². The van der Waals surface area contributed by atoms with E-state index in [-0.39, 0.29) is 0 Å². The molecule has 0 amide bonds. The van der Waals surface area contributed by atoms with Crippen LogP contribution in [0.4, 0.5) is 5.69 Å². The van der Waals surface area contributed by atoms with Crippen molar-refractivity contribution in [1.29, 1.82) is 0 Å². The van der Waals surface area contributed by atoms with Crippen LogP contribution in [0.3, 0.4) is 0 Å². The summed E-state index contributed by atoms with van der Waals surface area (Å²) >= 11 is 5.58. The lowest BCUT2D eigenvalue weighted by Gasteiger charge is -2.29. The summed E-state index contributed by atoms with van der Waals surface area (Å²) in [6.45, 7) is 1.73. The zero-order chi connectivity index (χ0) is 17.9. The molecule has 2 aromatic carbocycles. The predicted molar refractivity (Wildman–Crippen MR) is 112 cm³/mol. The van der Waals surface area contributed by atoms with Gasteiger partial charge in [0.1, 0.15) is 5.75 Å². The second-order valence-corrected chi connectivity index (χ2v) is 6.72. The Hall–Kier alpha value is -2.79. The van der Waals surface area contributed by atoms with Gasteiger partial charge in [-0.3, -0.25) is 0 Å². The van der Waals surface area contributed by atoms with Gasteiger partial charge in [0, 0.05) is 41.4 Å². The quantitative estimate of drug-likeness (QED) is 0.664. The second kappa shape index (κ2) is 7.22. The third kappa shape index (κ3) is 3.30. The molecule has 0 aliphatic carbocycles. The number of benzene rings is 2. The van der Waals surface area contributed by atoms with Gasteiger partial charge in [0.05, 0.1) is 7.11 Å². The lowest BCUT2D eigenvalue weighted by Crippen LogP contribution is -2.37. The van der Waals surface area contributed by atoms with E-state index in [4.69, 9.17) is 17.0 Å². The molecule has 0 unspecified atom stereocenters. The molecule has 0 saturated heterocycles. The number of H-pyrrole nitrogens is 1. The van der Waals surface area contributed by atoms with Gasteiger partial charge >= 0.3 is 0 Å². The molecule has 0 radical (unpaired) electrons. The molecule has 0 saturated carbocycles. The number of para-hydroxylation sites is 1. The number of aromatic nitrogens is 1. The molecular weight excluding hydrogens is 342 g/mol. The molecule has 132 valence electrons. The van der Waals surface area contributed by atoms with E-state index in [0.29, 0.717) is 0 Å². The fourth-order valence-corrected chi connectivity index (χ4v) is 3.60. The topological polar surface area (TPSA) is 40.3 Å². The summed E-state index contributed by atoms with van der Waals surface area (Å²) in [5, 5.41) is 5.35. The first-order valence-corrected chi connectivity index (χ1v) is 9.11. The van der Waals surface area contributed by atoms with Crippen molar-refractivity contribution in [2.75, 3.05) is 25.5 Å². The Bertz CT molecular complexity index is 959. The van der Waals surface area contributed by atoms with Crippen LogP contribution in [0.15, 0.2) is 60.8 Å². The lowest BCUT2D eigenvalue weighted by atomic mass is 9.99. The highest BCUT2D eigenvalue weighted by Crippen LogP contribution is 2.29. The van der Waals surface area contributed by atoms with Gasteiger partial charge in [0.25, 0.3) is 0 Å². The van der Waals surface area contributed by atoms with Crippen molar-refractivity contribution in [1.82, 2.24) is 9.88 Å². The molecule has 4 rings (SSSR count). The summed E-state index contributed by atoms with van der Waals surface area (Å²) in [7, 11) is 1.67. The summed E-state index contributed by atoms with van der Waals surface area (Å²) in [4.78, 5) is 5.55. The average molecular weight is 363 g/mol. The van der Waals surface area contributed by atoms with E-state index < -0.39 is 0 Å². The molecule has 4 nitrogen and oxygen atoms in total. The summed E-state index contributed by atoms with van der Waals surface area (Å²) in [5.41, 5.74) is 4.84. The number of aromatic amines is 1. The molecule has 0 fully saturated rings. The summed E-state index contributed by atoms with van der Waals surface area (Å²) in [5.74, 6) is 0.839. The monoisotopic (exact) mass is 363 g/mol. The van der Waals surface area contributed by atoms with Gasteiger partial charge in [-0.15, -0.1) is 0 Å². The minimum absolute atomic E-state index is 0.754. The Morgan fingerprint density at radius 3 is 2.69 bits per heavy atom. The second-order valence-electron chi connectivity index (χ2n) is 6.33. The molecular formula is C21H21N3OS. The Balaban J connectivity index is 1.44. The fourth-order valence-electron chi connectivity index (χ4n) is 3.31. The number of ether oxygens (including phenoxy) is 1. The zero-order valence-electron chi connectivity index (χ0n) is 14.7. The fraction of sp³-hybridized carbons (Fsp3) is 0.190. The van der Waals surface area contributed by atoms with Crippen LogP contribution in [0.5, 0.6) is 5.75 Å². The maximum Gasteiger partial charge on any atom is 0.173 e. The van der Waals surface area contributed by atoms with Crippen LogP contribution in [0.2, 0.25) is 0 Å². The third-order valence-corrected chi connectivity index (χ3v) is 5.13. The largest absolute Gasteiger partial charge is 0.497 e. The van der Waals surface area contributed by atoms with Crippen LogP contribution in [0, 0.1) is 0 Å². The molecule has 0 atom stereocenters. The van der Waals surface area contributed by atoms with Crippen molar-refractivity contribution in [3.63, 3.8) is 0 Å². The Morgan fingerprint density at radius 1 is 1.15 bits per heavy atom. The molecule has 5 heteroatoms. The van der Waals surface area contributed by atoms with Crippen molar-refractivity contribution in [3.8, 4) is 5.75 Å². The SMILES string of the molecule is COc1ccc(NC(=S)N2CC=C(c3c[nH]c4ccccc34)CC2)cc1. The number of fused-ring (bicyclic) bond motifs is 1. The standard InChI is InChI=1S/C21H21N3OS/c1-25-17-8-6-16(7-9-17)23-21(26)24-12-10-15(11-13-24)19-14-22-20-5-3-2-4-18(19)20/h2-10,14,22H,11-13H2,1H3,(H,23,26). The summed E-state index contributed by atoms with van der Waals surface area (Å²) < 4.78 is 5.19. The number of thiocarbonyl (C=S) groups is 1. The van der Waals surface area contributed by atoms with E-state index in [1.807, 2.05) is 24.3 Å². The summed E-state index contributed by atoms with van der Waals surface area (Å²) in [6, 6.07) is 16.2. The maximum absolute atomic E-state index is 5.58. The lowest BCUT2D eigenvalue weighted by molar-refractivity contribution is 0.415. The van der Waals surface area contributed by atoms with E-state index in [2.05, 4.69) is 51.7 Å². The van der Waals surface area contributed by atoms with Gasteiger partial charge in [-0.05, 0) is 54.5 Å². The van der Waals surface area contributed by atoms with Gasteiger partial charge in [0.15, 0.2) is 5.11 Å². The normalized spacial score (nSPS) is 14.2. The molecule has 1 aliphatic heterocycles. The summed E-state index contributed by atoms with van der Waals surface area (Å²) in [6.07, 6.45) is 5.37. The smallest absolute Gasteiger partial charge is 0.173 e. The molecule has 0 bridgehead atoms. The highest BCUT2D eigenvalue weighted by molar-refractivity contribution is 7.80. The van der Waals surface area contributed by atoms with Crippen molar-refractivity contribution >= 4 is 39.5 Å². The third-order valence-electron chi connectivity index (χ3n) is 4.77. The van der Waals surface area contributed by atoms with Crippen LogP contribution >= 0.6 is 12.2 Å². The van der Waals surface area contributed by atoms with Gasteiger partial charge < -0.3 is 19.9 Å². The number of rotatable bonds is 3. The average Bonchev–Trinajstić information content (AvgIpc) is 3.13. The first-order valence-electron chi connectivity index (χ1n) is 8.70. The molecule has 1 aliphatic rings. The zero-order valence-corrected chi connectivity index (χ0v) is 15.5. The van der Waals surface area contributed by atoms with E-state index in [0.717, 1.165) is 36.1 Å². The number of methoxy groups -OCH3 is 1. The van der Waals surface area contributed by atoms with Crippen LogP contribution in [0.25, 0.3) is 16.5 Å². The van der Waals surface area contributed by atoms with Crippen molar-refractivity contribution in [3.05, 3.63) is 66.4 Å². The molecule has 3 aromatic rings. The number of nitrogens with zero attached hydrogens (tertiary/aromatic N) is 1. The minimum atomic E-state index is 0.754. The Kier molecular flexibility index (Phi) is 4.63. The van der Waals surface area contributed by atoms with Gasteiger partial charge in [-0.2, -0.15) is 0 Å². The van der Waals surface area contributed by atoms with Crippen molar-refractivity contribution in [2.24, 2.45) is 0 Å². The van der Waals surface area contributed by atoms with E-state index in [9.17, 15) is 0 Å². The van der Waals surface area contributed by atoms with Crippen LogP contribution in [-0.4, -0.2) is 35.2 Å². The molecule has 1 aromatic heterocycles. The highest BCUT2D eigenvalue weighted by atomic mass is 32.1. The van der Waals surface area contributed by atoms with Gasteiger partial charge in [-0.25, -0.2) is 0 Å². The minimum Gasteiger partial charge on any atom is -0.497 e. The molecule has 26 heavy (non-hydrogen) atoms. The number of nitrogens with one attached hydrogen (secondary N) is 2. The number of hydrogen-bond donors (Lipinski definition) is 2. The molecule has 2 heterocycles. The van der Waals surface area contributed by atoms with Crippen molar-refractivity contribution in [2.45, 2.75) is 6.42 Å². The van der Waals surface area contributed by atoms with Gasteiger partial charge in [-0.1, -0.05) is 24.3 Å². The van der Waals surface area contributed by atoms with Crippen molar-refractivity contribution < 1.29 is 4.74 Å². The van der Waals surface area contributed by atoms with E-state index in [1.165, 1.54) is 22.0 Å². The predicted octanol–water partition coefficient (Wildman–Crippen LogP) is 4.66. The van der Waals surface area contributed by atoms with Crippen LogP contribution < -0.4 is 10.1 Å². The number of hydrogen-bond acceptors (Lipinski definition) is 2. The van der Waals surface area contributed by atoms with E-state index in [1.54, 1.807) is 7.11 Å². The highest BCUT2D eigenvalue weighted by Gasteiger charge is 2.17. The van der Waals surface area contributed by atoms with Crippen LogP contribution in [0.1, 0.15) is 12.0 Å². The van der Waals surface area contributed by atoms with Crippen LogP contribution in [-0.2, 0) is 0 Å². The Labute approximate surface area is 158 Å². The first kappa shape index (κ1) is 16.7. The van der Waals surface area contributed by atoms with E-state index >= 15 is 0 Å².